The third-order valence-corrected chi connectivity index (χ3v) is 2.89. The Kier molecular flexibility index (Phi) is 4.17. The lowest BCUT2D eigenvalue weighted by atomic mass is 10.0. The van der Waals surface area contributed by atoms with Gasteiger partial charge >= 0.3 is 0 Å². The molecule has 1 N–H and O–H groups in total. The predicted molar refractivity (Wildman–Crippen MR) is 72.5 cm³/mol. The van der Waals surface area contributed by atoms with E-state index in [0.717, 1.165) is 11.3 Å². The summed E-state index contributed by atoms with van der Waals surface area (Å²) in [7, 11) is 0. The quantitative estimate of drug-likeness (QED) is 0.852. The van der Waals surface area contributed by atoms with E-state index < -0.39 is 6.10 Å². The van der Waals surface area contributed by atoms with E-state index in [-0.39, 0.29) is 0 Å². The average molecular weight is 253 g/mol. The summed E-state index contributed by atoms with van der Waals surface area (Å²) in [6.07, 6.45) is -1.11. The lowest BCUT2D eigenvalue weighted by molar-refractivity contribution is 0.229. The van der Waals surface area contributed by atoms with Gasteiger partial charge in [0.05, 0.1) is 6.07 Å². The molecule has 0 amide bonds. The first-order chi connectivity index (χ1) is 9.20. The van der Waals surface area contributed by atoms with Gasteiger partial charge in [-0.3, -0.25) is 0 Å². The van der Waals surface area contributed by atoms with Crippen LogP contribution in [0.3, 0.4) is 0 Å². The largest absolute Gasteiger partial charge is 0.489 e. The molecule has 0 spiro atoms. The van der Waals surface area contributed by atoms with Crippen molar-refractivity contribution in [3.8, 4) is 11.8 Å². The summed E-state index contributed by atoms with van der Waals surface area (Å²) in [6.45, 7) is 2.35. The molecule has 3 nitrogen and oxygen atoms in total. The maximum absolute atomic E-state index is 9.63. The van der Waals surface area contributed by atoms with Crippen molar-refractivity contribution in [3.05, 3.63) is 65.2 Å². The first-order valence-corrected chi connectivity index (χ1v) is 6.05. The van der Waals surface area contributed by atoms with E-state index in [1.165, 1.54) is 5.56 Å². The highest BCUT2D eigenvalue weighted by atomic mass is 16.5. The molecule has 96 valence electrons. The van der Waals surface area contributed by atoms with Crippen molar-refractivity contribution in [1.82, 2.24) is 0 Å². The summed E-state index contributed by atoms with van der Waals surface area (Å²) in [4.78, 5) is 0. The zero-order valence-electron chi connectivity index (χ0n) is 10.7. The van der Waals surface area contributed by atoms with Crippen LogP contribution < -0.4 is 4.74 Å². The summed E-state index contributed by atoms with van der Waals surface area (Å²) < 4.78 is 5.66. The predicted octanol–water partition coefficient (Wildman–Crippen LogP) is 3.13. The molecule has 1 atom stereocenters. The fourth-order valence-corrected chi connectivity index (χ4v) is 1.80. The van der Waals surface area contributed by atoms with Gasteiger partial charge < -0.3 is 9.84 Å². The topological polar surface area (TPSA) is 53.2 Å². The lowest BCUT2D eigenvalue weighted by Crippen LogP contribution is -2.03. The van der Waals surface area contributed by atoms with Crippen molar-refractivity contribution >= 4 is 0 Å². The summed E-state index contributed by atoms with van der Waals surface area (Å²) in [5, 5.41) is 18.4. The van der Waals surface area contributed by atoms with Crippen LogP contribution in [0.4, 0.5) is 0 Å². The van der Waals surface area contributed by atoms with Gasteiger partial charge in [-0.25, -0.2) is 0 Å². The highest BCUT2D eigenvalue weighted by molar-refractivity contribution is 5.32. The van der Waals surface area contributed by atoms with Crippen molar-refractivity contribution in [2.75, 3.05) is 0 Å². The number of rotatable bonds is 4. The molecule has 0 radical (unpaired) electrons. The highest BCUT2D eigenvalue weighted by Crippen LogP contribution is 2.20. The summed E-state index contributed by atoms with van der Waals surface area (Å²) in [5.74, 6) is 0.770. The zero-order chi connectivity index (χ0) is 13.7. The molecule has 0 saturated carbocycles. The molecule has 0 aliphatic carbocycles. The molecule has 19 heavy (non-hydrogen) atoms. The molecule has 2 rings (SSSR count). The normalized spacial score (nSPS) is 11.6. The smallest absolute Gasteiger partial charge is 0.166 e. The fraction of sp³-hybridized carbons (Fsp3) is 0.188. The standard InChI is InChI=1S/C16H15NO2/c1-12-6-8-14(9-7-12)19-11-13-4-2-3-5-15(13)16(18)10-17/h2-9,16,18H,11H2,1H3. The van der Waals surface area contributed by atoms with E-state index in [4.69, 9.17) is 10.00 Å². The lowest BCUT2D eigenvalue weighted by Gasteiger charge is -2.11. The Morgan fingerprint density at radius 3 is 2.53 bits per heavy atom. The van der Waals surface area contributed by atoms with Crippen LogP contribution in [0, 0.1) is 18.3 Å². The molecule has 0 aliphatic rings. The van der Waals surface area contributed by atoms with Gasteiger partial charge in [-0.2, -0.15) is 5.26 Å². The molecule has 1 unspecified atom stereocenters. The molecule has 0 bridgehead atoms. The Bertz CT molecular complexity index is 584. The van der Waals surface area contributed by atoms with Crippen molar-refractivity contribution in [2.45, 2.75) is 19.6 Å². The van der Waals surface area contributed by atoms with Crippen molar-refractivity contribution in [3.63, 3.8) is 0 Å². The number of benzene rings is 2. The van der Waals surface area contributed by atoms with Crippen LogP contribution in [0.25, 0.3) is 0 Å². The van der Waals surface area contributed by atoms with E-state index >= 15 is 0 Å². The van der Waals surface area contributed by atoms with Gasteiger partial charge in [0.25, 0.3) is 0 Å². The highest BCUT2D eigenvalue weighted by Gasteiger charge is 2.11. The third-order valence-electron chi connectivity index (χ3n) is 2.89. The van der Waals surface area contributed by atoms with E-state index in [0.29, 0.717) is 12.2 Å². The molecule has 0 saturated heterocycles. The van der Waals surface area contributed by atoms with Crippen molar-refractivity contribution < 1.29 is 9.84 Å². The summed E-state index contributed by atoms with van der Waals surface area (Å²) in [6, 6.07) is 16.8. The van der Waals surface area contributed by atoms with E-state index in [9.17, 15) is 5.11 Å². The second-order valence-electron chi connectivity index (χ2n) is 4.33. The Morgan fingerprint density at radius 2 is 1.84 bits per heavy atom. The molecular formula is C16H15NO2. The molecule has 3 heteroatoms. The Hall–Kier alpha value is -2.31. The van der Waals surface area contributed by atoms with Gasteiger partial charge in [0.2, 0.25) is 0 Å². The van der Waals surface area contributed by atoms with E-state index in [2.05, 4.69) is 0 Å². The maximum Gasteiger partial charge on any atom is 0.166 e. The van der Waals surface area contributed by atoms with Crippen LogP contribution >= 0.6 is 0 Å². The van der Waals surface area contributed by atoms with Gasteiger partial charge in [0.15, 0.2) is 6.10 Å². The molecule has 2 aromatic carbocycles. The molecule has 0 fully saturated rings. The van der Waals surface area contributed by atoms with Crippen LogP contribution in [-0.2, 0) is 6.61 Å². The first-order valence-electron chi connectivity index (χ1n) is 6.05. The zero-order valence-corrected chi connectivity index (χ0v) is 10.7. The average Bonchev–Trinajstić information content (AvgIpc) is 2.46. The van der Waals surface area contributed by atoms with Gasteiger partial charge in [0, 0.05) is 5.56 Å². The molecule has 0 aromatic heterocycles. The number of hydrogen-bond acceptors (Lipinski definition) is 3. The van der Waals surface area contributed by atoms with Crippen LogP contribution in [0.1, 0.15) is 22.8 Å². The van der Waals surface area contributed by atoms with Crippen LogP contribution in [0.15, 0.2) is 48.5 Å². The van der Waals surface area contributed by atoms with E-state index in [1.807, 2.05) is 49.4 Å². The minimum absolute atomic E-state index is 0.331. The number of aliphatic hydroxyl groups is 1. The second-order valence-corrected chi connectivity index (χ2v) is 4.33. The van der Waals surface area contributed by atoms with Gasteiger partial charge in [-0.05, 0) is 24.6 Å². The van der Waals surface area contributed by atoms with Crippen molar-refractivity contribution in [2.24, 2.45) is 0 Å². The van der Waals surface area contributed by atoms with Crippen molar-refractivity contribution in [1.29, 1.82) is 5.26 Å². The number of aliphatic hydroxyl groups excluding tert-OH is 1. The van der Waals surface area contributed by atoms with Gasteiger partial charge in [-0.1, -0.05) is 42.0 Å². The number of ether oxygens (including phenoxy) is 1. The van der Waals surface area contributed by atoms with Crippen LogP contribution in [0.2, 0.25) is 0 Å². The van der Waals surface area contributed by atoms with Crippen LogP contribution in [-0.4, -0.2) is 5.11 Å². The number of hydrogen-bond donors (Lipinski definition) is 1. The Balaban J connectivity index is 2.11. The first kappa shape index (κ1) is 13.1. The second kappa shape index (κ2) is 6.03. The number of aryl methyl sites for hydroxylation is 1. The molecule has 0 heterocycles. The summed E-state index contributed by atoms with van der Waals surface area (Å²) in [5.41, 5.74) is 2.59. The monoisotopic (exact) mass is 253 g/mol. The van der Waals surface area contributed by atoms with Crippen LogP contribution in [0.5, 0.6) is 5.75 Å². The third kappa shape index (κ3) is 3.34. The Labute approximate surface area is 112 Å². The number of nitriles is 1. The fourth-order valence-electron chi connectivity index (χ4n) is 1.80. The molecule has 2 aromatic rings. The molecule has 0 aliphatic heterocycles. The number of nitrogens with zero attached hydrogens (tertiary/aromatic N) is 1. The minimum Gasteiger partial charge on any atom is -0.489 e. The maximum atomic E-state index is 9.63. The summed E-state index contributed by atoms with van der Waals surface area (Å²) >= 11 is 0. The molecular weight excluding hydrogens is 238 g/mol. The Morgan fingerprint density at radius 1 is 1.16 bits per heavy atom. The minimum atomic E-state index is -1.11. The SMILES string of the molecule is Cc1ccc(OCc2ccccc2C(O)C#N)cc1. The van der Waals surface area contributed by atoms with E-state index in [1.54, 1.807) is 12.1 Å². The van der Waals surface area contributed by atoms with Gasteiger partial charge in [0.1, 0.15) is 12.4 Å². The van der Waals surface area contributed by atoms with Gasteiger partial charge in [-0.15, -0.1) is 0 Å².